The van der Waals surface area contributed by atoms with Gasteiger partial charge in [0, 0.05) is 31.0 Å². The van der Waals surface area contributed by atoms with E-state index >= 15 is 0 Å². The first-order valence-electron chi connectivity index (χ1n) is 10.8. The van der Waals surface area contributed by atoms with Crippen molar-refractivity contribution >= 4 is 17.4 Å². The third kappa shape index (κ3) is 6.64. The summed E-state index contributed by atoms with van der Waals surface area (Å²) in [6, 6.07) is 17.4. The molecule has 0 unspecified atom stereocenters. The van der Waals surface area contributed by atoms with Gasteiger partial charge in [0.25, 0.3) is 0 Å². The lowest BCUT2D eigenvalue weighted by Crippen LogP contribution is -2.13. The molecule has 0 aliphatic rings. The van der Waals surface area contributed by atoms with E-state index in [0.29, 0.717) is 37.6 Å². The quantitative estimate of drug-likeness (QED) is 0.354. The summed E-state index contributed by atoms with van der Waals surface area (Å²) in [6.45, 7) is 3.13. The number of aryl methyl sites for hydroxylation is 1. The van der Waals surface area contributed by atoms with Crippen LogP contribution in [-0.4, -0.2) is 32.3 Å². The fourth-order valence-corrected chi connectivity index (χ4v) is 3.13. The number of amides is 1. The second-order valence-electron chi connectivity index (χ2n) is 7.58. The smallest absolute Gasteiger partial charge is 0.224 e. The van der Waals surface area contributed by atoms with Gasteiger partial charge in [-0.1, -0.05) is 29.8 Å². The molecule has 4 rings (SSSR count). The summed E-state index contributed by atoms with van der Waals surface area (Å²) in [5, 5.41) is 10.3. The van der Waals surface area contributed by atoms with Gasteiger partial charge in [-0.15, -0.1) is 0 Å². The summed E-state index contributed by atoms with van der Waals surface area (Å²) in [5.74, 6) is 2.10. The van der Waals surface area contributed by atoms with Gasteiger partial charge in [0.1, 0.15) is 11.6 Å². The third-order valence-electron chi connectivity index (χ3n) is 4.91. The second-order valence-corrected chi connectivity index (χ2v) is 7.58. The molecule has 33 heavy (non-hydrogen) atoms. The fraction of sp³-hybridized carbons (Fsp3) is 0.200. The van der Waals surface area contributed by atoms with Crippen molar-refractivity contribution in [3.8, 4) is 11.6 Å². The minimum absolute atomic E-state index is 0.0286. The standard InChI is InChI=1S/C25H26N6O2/c1-19-5-11-22(12-6-19)33-15-2-4-25(32)29-21-9-7-20(8-10-21)16-27-23-17-26-18-24(30-23)31-14-3-13-28-31/h3,5-14,17-18H,2,4,15-16H2,1H3,(H,27,30)(H,29,32). The molecular formula is C25H26N6O2. The maximum Gasteiger partial charge on any atom is 0.224 e. The summed E-state index contributed by atoms with van der Waals surface area (Å²) in [6.07, 6.45) is 7.90. The van der Waals surface area contributed by atoms with Crippen LogP contribution in [0.2, 0.25) is 0 Å². The van der Waals surface area contributed by atoms with Gasteiger partial charge >= 0.3 is 0 Å². The Morgan fingerprint density at radius 2 is 1.88 bits per heavy atom. The molecule has 2 aromatic carbocycles. The van der Waals surface area contributed by atoms with Crippen LogP contribution in [0.25, 0.3) is 5.82 Å². The van der Waals surface area contributed by atoms with Crippen molar-refractivity contribution < 1.29 is 9.53 Å². The average molecular weight is 443 g/mol. The number of rotatable bonds is 10. The minimum atomic E-state index is -0.0286. The van der Waals surface area contributed by atoms with Gasteiger partial charge < -0.3 is 15.4 Å². The number of hydrogen-bond acceptors (Lipinski definition) is 6. The maximum absolute atomic E-state index is 12.2. The summed E-state index contributed by atoms with van der Waals surface area (Å²) < 4.78 is 7.32. The zero-order valence-electron chi connectivity index (χ0n) is 18.4. The first-order chi connectivity index (χ1) is 16.2. The van der Waals surface area contributed by atoms with E-state index in [4.69, 9.17) is 4.74 Å². The molecule has 0 radical (unpaired) electrons. The first-order valence-corrected chi connectivity index (χ1v) is 10.8. The number of hydrogen-bond donors (Lipinski definition) is 2. The van der Waals surface area contributed by atoms with Gasteiger partial charge in [-0.05, 0) is 49.2 Å². The lowest BCUT2D eigenvalue weighted by molar-refractivity contribution is -0.116. The van der Waals surface area contributed by atoms with Gasteiger partial charge in [-0.3, -0.25) is 9.78 Å². The van der Waals surface area contributed by atoms with Crippen LogP contribution < -0.4 is 15.4 Å². The molecule has 0 spiro atoms. The van der Waals surface area contributed by atoms with Crippen LogP contribution in [0.4, 0.5) is 11.5 Å². The Morgan fingerprint density at radius 3 is 2.64 bits per heavy atom. The Balaban J connectivity index is 1.19. The van der Waals surface area contributed by atoms with Crippen molar-refractivity contribution in [1.82, 2.24) is 19.7 Å². The predicted octanol–water partition coefficient (Wildman–Crippen LogP) is 4.38. The molecule has 8 nitrogen and oxygen atoms in total. The van der Waals surface area contributed by atoms with E-state index in [0.717, 1.165) is 17.0 Å². The Hall–Kier alpha value is -4.20. The molecule has 2 N–H and O–H groups in total. The van der Waals surface area contributed by atoms with E-state index in [1.807, 2.05) is 67.7 Å². The van der Waals surface area contributed by atoms with Crippen LogP contribution in [0.1, 0.15) is 24.0 Å². The fourth-order valence-electron chi connectivity index (χ4n) is 3.13. The number of carbonyl (C=O) groups is 1. The predicted molar refractivity (Wildman–Crippen MR) is 127 cm³/mol. The molecule has 0 aliphatic carbocycles. The van der Waals surface area contributed by atoms with E-state index in [1.54, 1.807) is 23.3 Å². The van der Waals surface area contributed by atoms with Crippen LogP contribution in [0, 0.1) is 6.92 Å². The van der Waals surface area contributed by atoms with E-state index in [-0.39, 0.29) is 5.91 Å². The van der Waals surface area contributed by atoms with E-state index in [2.05, 4.69) is 25.7 Å². The van der Waals surface area contributed by atoms with Crippen LogP contribution in [-0.2, 0) is 11.3 Å². The summed E-state index contributed by atoms with van der Waals surface area (Å²) >= 11 is 0. The summed E-state index contributed by atoms with van der Waals surface area (Å²) in [7, 11) is 0. The lowest BCUT2D eigenvalue weighted by atomic mass is 10.2. The SMILES string of the molecule is Cc1ccc(OCCCC(=O)Nc2ccc(CNc3cncc(-n4cccn4)n3)cc2)cc1. The number of benzene rings is 2. The highest BCUT2D eigenvalue weighted by Crippen LogP contribution is 2.14. The molecule has 168 valence electrons. The molecular weight excluding hydrogens is 416 g/mol. The second kappa shape index (κ2) is 10.9. The summed E-state index contributed by atoms with van der Waals surface area (Å²) in [4.78, 5) is 20.9. The van der Waals surface area contributed by atoms with E-state index in [9.17, 15) is 4.79 Å². The Labute approximate surface area is 192 Å². The highest BCUT2D eigenvalue weighted by molar-refractivity contribution is 5.90. The Kier molecular flexibility index (Phi) is 7.27. The molecule has 8 heteroatoms. The highest BCUT2D eigenvalue weighted by Gasteiger charge is 2.05. The van der Waals surface area contributed by atoms with Gasteiger partial charge in [0.05, 0.1) is 19.0 Å². The first kappa shape index (κ1) is 22.0. The molecule has 0 bridgehead atoms. The largest absolute Gasteiger partial charge is 0.494 e. The van der Waals surface area contributed by atoms with E-state index < -0.39 is 0 Å². The molecule has 2 heterocycles. The van der Waals surface area contributed by atoms with Crippen molar-refractivity contribution in [2.24, 2.45) is 0 Å². The zero-order valence-corrected chi connectivity index (χ0v) is 18.4. The lowest BCUT2D eigenvalue weighted by Gasteiger charge is -2.09. The molecule has 2 aromatic heterocycles. The minimum Gasteiger partial charge on any atom is -0.494 e. The monoisotopic (exact) mass is 442 g/mol. The third-order valence-corrected chi connectivity index (χ3v) is 4.91. The Morgan fingerprint density at radius 1 is 1.06 bits per heavy atom. The highest BCUT2D eigenvalue weighted by atomic mass is 16.5. The number of anilines is 2. The van der Waals surface area contributed by atoms with Crippen LogP contribution in [0.5, 0.6) is 5.75 Å². The number of carbonyl (C=O) groups excluding carboxylic acids is 1. The van der Waals surface area contributed by atoms with Gasteiger partial charge in [0.15, 0.2) is 5.82 Å². The molecule has 1 amide bonds. The van der Waals surface area contributed by atoms with Crippen molar-refractivity contribution in [2.45, 2.75) is 26.3 Å². The van der Waals surface area contributed by atoms with Gasteiger partial charge in [-0.25, -0.2) is 9.67 Å². The van der Waals surface area contributed by atoms with Crippen LogP contribution in [0.15, 0.2) is 79.4 Å². The van der Waals surface area contributed by atoms with Crippen molar-refractivity contribution in [3.05, 3.63) is 90.5 Å². The summed E-state index contributed by atoms with van der Waals surface area (Å²) in [5.41, 5.74) is 3.02. The molecule has 0 aliphatic heterocycles. The molecule has 0 atom stereocenters. The number of aromatic nitrogens is 4. The zero-order chi connectivity index (χ0) is 22.9. The average Bonchev–Trinajstić information content (AvgIpc) is 3.38. The van der Waals surface area contributed by atoms with Crippen molar-refractivity contribution in [2.75, 3.05) is 17.2 Å². The van der Waals surface area contributed by atoms with Crippen LogP contribution >= 0.6 is 0 Å². The van der Waals surface area contributed by atoms with E-state index in [1.165, 1.54) is 5.56 Å². The van der Waals surface area contributed by atoms with Crippen molar-refractivity contribution in [1.29, 1.82) is 0 Å². The maximum atomic E-state index is 12.2. The molecule has 0 saturated heterocycles. The number of ether oxygens (including phenoxy) is 1. The molecule has 0 saturated carbocycles. The van der Waals surface area contributed by atoms with Gasteiger partial charge in [0.2, 0.25) is 5.91 Å². The number of nitrogens with zero attached hydrogens (tertiary/aromatic N) is 4. The van der Waals surface area contributed by atoms with Crippen LogP contribution in [0.3, 0.4) is 0 Å². The number of nitrogens with one attached hydrogen (secondary N) is 2. The Bertz CT molecular complexity index is 1160. The topological polar surface area (TPSA) is 94.0 Å². The molecule has 0 fully saturated rings. The normalized spacial score (nSPS) is 10.6. The van der Waals surface area contributed by atoms with Gasteiger partial charge in [-0.2, -0.15) is 5.10 Å². The van der Waals surface area contributed by atoms with Crippen molar-refractivity contribution in [3.63, 3.8) is 0 Å². The molecule has 4 aromatic rings.